The van der Waals surface area contributed by atoms with Crippen LogP contribution in [0.2, 0.25) is 0 Å². The van der Waals surface area contributed by atoms with E-state index < -0.39 is 37.4 Å². The van der Waals surface area contributed by atoms with Crippen LogP contribution in [0.25, 0.3) is 0 Å². The molecule has 1 heterocycles. The second-order valence-electron chi connectivity index (χ2n) is 6.38. The van der Waals surface area contributed by atoms with Gasteiger partial charge in [-0.3, -0.25) is 14.1 Å². The number of methoxy groups -OCH3 is 1. The van der Waals surface area contributed by atoms with E-state index >= 15 is 0 Å². The number of hydrogen-bond acceptors (Lipinski definition) is 7. The highest BCUT2D eigenvalue weighted by molar-refractivity contribution is 7.56. The minimum atomic E-state index is -3.82. The molecule has 0 spiro atoms. The van der Waals surface area contributed by atoms with E-state index in [1.165, 1.54) is 19.2 Å². The fourth-order valence-corrected chi connectivity index (χ4v) is 3.88. The van der Waals surface area contributed by atoms with Crippen molar-refractivity contribution in [2.75, 3.05) is 20.3 Å². The number of esters is 1. The van der Waals surface area contributed by atoms with Crippen LogP contribution in [0.15, 0.2) is 24.3 Å². The van der Waals surface area contributed by atoms with Crippen molar-refractivity contribution in [1.82, 2.24) is 5.32 Å². The van der Waals surface area contributed by atoms with Crippen LogP contribution in [0.5, 0.6) is 5.75 Å². The summed E-state index contributed by atoms with van der Waals surface area (Å²) in [5.41, 5.74) is -0.742. The van der Waals surface area contributed by atoms with Gasteiger partial charge in [-0.05, 0) is 24.3 Å². The van der Waals surface area contributed by atoms with Gasteiger partial charge in [0.1, 0.15) is 12.4 Å². The Labute approximate surface area is 151 Å². The third-order valence-corrected chi connectivity index (χ3v) is 5.05. The largest absolute Gasteiger partial charge is 0.619 e. The van der Waals surface area contributed by atoms with E-state index in [-0.39, 0.29) is 25.3 Å². The maximum absolute atomic E-state index is 13.0. The summed E-state index contributed by atoms with van der Waals surface area (Å²) in [6.45, 7) is 3.55. The van der Waals surface area contributed by atoms with E-state index in [4.69, 9.17) is 13.6 Å². The molecule has 2 atom stereocenters. The van der Waals surface area contributed by atoms with Gasteiger partial charge in [-0.2, -0.15) is 4.89 Å². The van der Waals surface area contributed by atoms with Crippen LogP contribution < -0.4 is 9.84 Å². The Balaban J connectivity index is 2.03. The van der Waals surface area contributed by atoms with Crippen LogP contribution in [0.4, 0.5) is 4.39 Å². The normalized spacial score (nSPS) is 24.6. The minimum absolute atomic E-state index is 0.00750. The first-order valence-corrected chi connectivity index (χ1v) is 9.39. The lowest BCUT2D eigenvalue weighted by Gasteiger charge is -2.36. The van der Waals surface area contributed by atoms with Crippen molar-refractivity contribution in [3.63, 3.8) is 0 Å². The van der Waals surface area contributed by atoms with Crippen LogP contribution in [0.1, 0.15) is 20.3 Å². The topological polar surface area (TPSA) is 103 Å². The van der Waals surface area contributed by atoms with Crippen LogP contribution in [-0.4, -0.2) is 43.1 Å². The molecule has 1 saturated heterocycles. The number of carbonyl (C=O) groups is 2. The van der Waals surface area contributed by atoms with E-state index in [1.807, 2.05) is 0 Å². The molecule has 1 aliphatic rings. The first-order chi connectivity index (χ1) is 12.1. The van der Waals surface area contributed by atoms with Gasteiger partial charge in [0, 0.05) is 12.0 Å². The molecule has 1 fully saturated rings. The second kappa shape index (κ2) is 8.26. The first-order valence-electron chi connectivity index (χ1n) is 7.90. The number of benzene rings is 1. The minimum Gasteiger partial charge on any atom is -0.469 e. The van der Waals surface area contributed by atoms with Crippen molar-refractivity contribution in [2.24, 2.45) is 5.41 Å². The highest BCUT2D eigenvalue weighted by Gasteiger charge is 2.60. The fourth-order valence-electron chi connectivity index (χ4n) is 2.19. The summed E-state index contributed by atoms with van der Waals surface area (Å²) in [7, 11) is -2.57. The average Bonchev–Trinajstić information content (AvgIpc) is 2.59. The molecule has 2 rings (SSSR count). The van der Waals surface area contributed by atoms with E-state index in [2.05, 4.69) is 10.1 Å². The van der Waals surface area contributed by atoms with Crippen LogP contribution >= 0.6 is 8.17 Å². The molecule has 1 amide bonds. The zero-order chi connectivity index (χ0) is 19.4. The van der Waals surface area contributed by atoms with Crippen molar-refractivity contribution < 1.29 is 37.2 Å². The van der Waals surface area contributed by atoms with Gasteiger partial charge in [-0.1, -0.05) is 13.8 Å². The quantitative estimate of drug-likeness (QED) is 0.566. The molecule has 144 valence electrons. The average molecular weight is 390 g/mol. The van der Waals surface area contributed by atoms with Gasteiger partial charge in [0.2, 0.25) is 0 Å². The highest BCUT2D eigenvalue weighted by atomic mass is 31.2. The summed E-state index contributed by atoms with van der Waals surface area (Å²) >= 11 is 0. The molecule has 0 bridgehead atoms. The standard InChI is InChI=1S/C16H21FNO7P/c1-16(2)10-23-26(21,24-12-6-4-11(17)5-7-12)25-14(16)15(20)18-9-8-13(19)22-3/h4-7,14,21H,8-10H2,1-3H3/p+1/t14-,26?/m0/s1. The summed E-state index contributed by atoms with van der Waals surface area (Å²) in [5, 5.41) is 2.56. The zero-order valence-corrected chi connectivity index (χ0v) is 15.6. The molecule has 0 radical (unpaired) electrons. The summed E-state index contributed by atoms with van der Waals surface area (Å²) in [5.74, 6) is -1.28. The van der Waals surface area contributed by atoms with Crippen LogP contribution in [-0.2, 0) is 23.4 Å². The molecule has 8 nitrogen and oxygen atoms in total. The molecular formula is C16H22FNO7P+. The van der Waals surface area contributed by atoms with Gasteiger partial charge < -0.3 is 10.1 Å². The number of hydrogen-bond donors (Lipinski definition) is 2. The van der Waals surface area contributed by atoms with Gasteiger partial charge in [0.05, 0.1) is 13.5 Å². The Morgan fingerprint density at radius 1 is 1.38 bits per heavy atom. The molecule has 10 heteroatoms. The molecule has 1 aromatic rings. The van der Waals surface area contributed by atoms with Crippen molar-refractivity contribution in [3.8, 4) is 5.75 Å². The van der Waals surface area contributed by atoms with Gasteiger partial charge in [-0.15, -0.1) is 9.05 Å². The lowest BCUT2D eigenvalue weighted by molar-refractivity contribution is -0.143. The Morgan fingerprint density at radius 3 is 2.65 bits per heavy atom. The first kappa shape index (κ1) is 20.5. The maximum atomic E-state index is 13.0. The monoisotopic (exact) mass is 390 g/mol. The molecule has 0 saturated carbocycles. The second-order valence-corrected chi connectivity index (χ2v) is 7.97. The lowest BCUT2D eigenvalue weighted by atomic mass is 9.87. The van der Waals surface area contributed by atoms with Gasteiger partial charge in [0.25, 0.3) is 5.91 Å². The van der Waals surface area contributed by atoms with Crippen molar-refractivity contribution in [3.05, 3.63) is 30.1 Å². The molecule has 26 heavy (non-hydrogen) atoms. The number of amides is 1. The third-order valence-electron chi connectivity index (χ3n) is 3.68. The maximum Gasteiger partial charge on any atom is 0.619 e. The summed E-state index contributed by atoms with van der Waals surface area (Å²) < 4.78 is 33.6. The van der Waals surface area contributed by atoms with Crippen molar-refractivity contribution >= 4 is 20.0 Å². The van der Waals surface area contributed by atoms with E-state index in [9.17, 15) is 18.9 Å². The van der Waals surface area contributed by atoms with E-state index in [0.29, 0.717) is 0 Å². The van der Waals surface area contributed by atoms with Gasteiger partial charge in [-0.25, -0.2) is 4.39 Å². The summed E-state index contributed by atoms with van der Waals surface area (Å²) in [6, 6.07) is 4.94. The van der Waals surface area contributed by atoms with Gasteiger partial charge in [0.15, 0.2) is 11.9 Å². The van der Waals surface area contributed by atoms with E-state index in [1.54, 1.807) is 13.8 Å². The Hall–Kier alpha value is -1.80. The number of rotatable bonds is 6. The summed E-state index contributed by atoms with van der Waals surface area (Å²) in [4.78, 5) is 34.0. The molecular weight excluding hydrogens is 368 g/mol. The Bertz CT molecular complexity index is 655. The van der Waals surface area contributed by atoms with Crippen LogP contribution in [0.3, 0.4) is 0 Å². The van der Waals surface area contributed by atoms with Crippen molar-refractivity contribution in [2.45, 2.75) is 26.4 Å². The van der Waals surface area contributed by atoms with Crippen molar-refractivity contribution in [1.29, 1.82) is 0 Å². The number of nitrogens with one attached hydrogen (secondary N) is 1. The van der Waals surface area contributed by atoms with E-state index in [0.717, 1.165) is 12.1 Å². The van der Waals surface area contributed by atoms with Crippen LogP contribution in [0, 0.1) is 11.2 Å². The zero-order valence-electron chi connectivity index (χ0n) is 14.7. The fraction of sp³-hybridized carbons (Fsp3) is 0.500. The molecule has 0 aliphatic carbocycles. The molecule has 1 aliphatic heterocycles. The predicted molar refractivity (Wildman–Crippen MR) is 90.4 cm³/mol. The molecule has 2 N–H and O–H groups in total. The predicted octanol–water partition coefficient (Wildman–Crippen LogP) is 2.00. The lowest BCUT2D eigenvalue weighted by Crippen LogP contribution is -2.51. The van der Waals surface area contributed by atoms with Gasteiger partial charge >= 0.3 is 14.1 Å². The molecule has 1 unspecified atom stereocenters. The molecule has 0 aromatic heterocycles. The Morgan fingerprint density at radius 2 is 2.04 bits per heavy atom. The SMILES string of the molecule is COC(=O)CCNC(=O)[C@@H]1O[P+](O)(Oc2ccc(F)cc2)OCC1(C)C. The third kappa shape index (κ3) is 5.35. The summed E-state index contributed by atoms with van der Waals surface area (Å²) in [6.07, 6.45) is -1.05. The Kier molecular flexibility index (Phi) is 6.52. The number of carbonyl (C=O) groups excluding carboxylic acids is 2. The smallest absolute Gasteiger partial charge is 0.469 e. The molecule has 1 aromatic carbocycles. The number of halogens is 1. The highest BCUT2D eigenvalue weighted by Crippen LogP contribution is 2.63. The number of ether oxygens (including phenoxy) is 1.